The first kappa shape index (κ1) is 19.2. The van der Waals surface area contributed by atoms with Gasteiger partial charge in [-0.2, -0.15) is 0 Å². The van der Waals surface area contributed by atoms with Crippen molar-refractivity contribution in [3.8, 4) is 0 Å². The normalized spacial score (nSPS) is 19.9. The SMILES string of the molecule is COC(=O)C1=CCC(c2ccccc2)=C2CCN(C(=O)OC(C)(C)C)CC12. The standard InChI is InChI=1S/C22H27NO4/c1-22(2,3)27-21(25)23-13-12-17-16(15-8-6-5-7-9-15)10-11-18(19(17)14-23)20(24)26-4/h5-9,11,19H,10,12-14H2,1-4H3. The van der Waals surface area contributed by atoms with E-state index in [-0.39, 0.29) is 18.0 Å². The quantitative estimate of drug-likeness (QED) is 0.733. The van der Waals surface area contributed by atoms with E-state index in [4.69, 9.17) is 9.47 Å². The lowest BCUT2D eigenvalue weighted by Gasteiger charge is -2.39. The molecule has 1 amide bonds. The number of piperidine rings is 1. The summed E-state index contributed by atoms with van der Waals surface area (Å²) in [5, 5.41) is 0. The van der Waals surface area contributed by atoms with Gasteiger partial charge < -0.3 is 14.4 Å². The number of carbonyl (C=O) groups is 2. The second kappa shape index (κ2) is 7.59. The molecule has 5 heteroatoms. The lowest BCUT2D eigenvalue weighted by Crippen LogP contribution is -2.45. The summed E-state index contributed by atoms with van der Waals surface area (Å²) >= 11 is 0. The molecule has 0 radical (unpaired) electrons. The van der Waals surface area contributed by atoms with Crippen LogP contribution in [0.15, 0.2) is 47.6 Å². The first-order valence-corrected chi connectivity index (χ1v) is 9.34. The van der Waals surface area contributed by atoms with Crippen molar-refractivity contribution in [2.24, 2.45) is 5.92 Å². The number of hydrogen-bond donors (Lipinski definition) is 0. The van der Waals surface area contributed by atoms with Crippen molar-refractivity contribution in [2.45, 2.75) is 39.2 Å². The van der Waals surface area contributed by atoms with E-state index in [0.717, 1.165) is 6.42 Å². The van der Waals surface area contributed by atoms with Crippen molar-refractivity contribution in [3.63, 3.8) is 0 Å². The second-order valence-electron chi connectivity index (χ2n) is 7.95. The van der Waals surface area contributed by atoms with Crippen LogP contribution in [0.25, 0.3) is 5.57 Å². The Morgan fingerprint density at radius 1 is 1.15 bits per heavy atom. The highest BCUT2D eigenvalue weighted by molar-refractivity contribution is 5.92. The van der Waals surface area contributed by atoms with Crippen LogP contribution in [0.4, 0.5) is 4.79 Å². The Balaban J connectivity index is 1.91. The molecular formula is C22H27NO4. The van der Waals surface area contributed by atoms with E-state index in [9.17, 15) is 9.59 Å². The number of rotatable bonds is 2. The van der Waals surface area contributed by atoms with Gasteiger partial charge in [0, 0.05) is 24.6 Å². The lowest BCUT2D eigenvalue weighted by atomic mass is 9.76. The minimum Gasteiger partial charge on any atom is -0.466 e. The molecule has 3 rings (SSSR count). The molecule has 0 spiro atoms. The van der Waals surface area contributed by atoms with Gasteiger partial charge in [0.25, 0.3) is 0 Å². The summed E-state index contributed by atoms with van der Waals surface area (Å²) in [7, 11) is 1.40. The van der Waals surface area contributed by atoms with E-state index in [1.54, 1.807) is 4.90 Å². The van der Waals surface area contributed by atoms with Crippen LogP contribution in [-0.2, 0) is 14.3 Å². The first-order valence-electron chi connectivity index (χ1n) is 9.34. The number of likely N-dealkylation sites (tertiary alicyclic amines) is 1. The predicted octanol–water partition coefficient (Wildman–Crippen LogP) is 4.20. The number of allylic oxidation sites excluding steroid dienone is 2. The minimum atomic E-state index is -0.546. The van der Waals surface area contributed by atoms with Gasteiger partial charge in [-0.1, -0.05) is 42.0 Å². The Labute approximate surface area is 160 Å². The molecule has 1 unspecified atom stereocenters. The zero-order valence-corrected chi connectivity index (χ0v) is 16.5. The van der Waals surface area contributed by atoms with Crippen LogP contribution in [0.3, 0.4) is 0 Å². The number of amides is 1. The molecule has 1 saturated heterocycles. The summed E-state index contributed by atoms with van der Waals surface area (Å²) in [6.07, 6.45) is 3.04. The Hall–Kier alpha value is -2.56. The third kappa shape index (κ3) is 4.24. The van der Waals surface area contributed by atoms with Crippen molar-refractivity contribution in [1.82, 2.24) is 4.90 Å². The maximum Gasteiger partial charge on any atom is 0.410 e. The average Bonchev–Trinajstić information content (AvgIpc) is 2.65. The molecule has 144 valence electrons. The highest BCUT2D eigenvalue weighted by Crippen LogP contribution is 2.41. The maximum absolute atomic E-state index is 12.5. The third-order valence-electron chi connectivity index (χ3n) is 4.96. The van der Waals surface area contributed by atoms with E-state index >= 15 is 0 Å². The number of benzene rings is 1. The van der Waals surface area contributed by atoms with Crippen LogP contribution in [0.2, 0.25) is 0 Å². The summed E-state index contributed by atoms with van der Waals surface area (Å²) in [4.78, 5) is 26.6. The molecule has 1 aromatic rings. The van der Waals surface area contributed by atoms with E-state index < -0.39 is 5.60 Å². The number of esters is 1. The fourth-order valence-electron chi connectivity index (χ4n) is 3.76. The first-order chi connectivity index (χ1) is 12.8. The minimum absolute atomic E-state index is 0.150. The molecule has 1 aliphatic carbocycles. The number of methoxy groups -OCH3 is 1. The van der Waals surface area contributed by atoms with Crippen molar-refractivity contribution >= 4 is 17.6 Å². The summed E-state index contributed by atoms with van der Waals surface area (Å²) in [6.45, 7) is 6.59. The Kier molecular flexibility index (Phi) is 5.40. The van der Waals surface area contributed by atoms with Crippen LogP contribution in [0.1, 0.15) is 39.2 Å². The highest BCUT2D eigenvalue weighted by atomic mass is 16.6. The summed E-state index contributed by atoms with van der Waals surface area (Å²) < 4.78 is 10.5. The lowest BCUT2D eigenvalue weighted by molar-refractivity contribution is -0.136. The monoisotopic (exact) mass is 369 g/mol. The smallest absolute Gasteiger partial charge is 0.410 e. The van der Waals surface area contributed by atoms with Crippen LogP contribution in [-0.4, -0.2) is 42.8 Å². The fourth-order valence-corrected chi connectivity index (χ4v) is 3.76. The zero-order chi connectivity index (χ0) is 19.6. The van der Waals surface area contributed by atoms with Crippen molar-refractivity contribution < 1.29 is 19.1 Å². The molecule has 1 atom stereocenters. The van der Waals surface area contributed by atoms with Crippen LogP contribution in [0, 0.1) is 5.92 Å². The largest absolute Gasteiger partial charge is 0.466 e. The zero-order valence-electron chi connectivity index (χ0n) is 16.5. The number of ether oxygens (including phenoxy) is 2. The summed E-state index contributed by atoms with van der Waals surface area (Å²) in [5.74, 6) is -0.474. The fraction of sp³-hybridized carbons (Fsp3) is 0.455. The third-order valence-corrected chi connectivity index (χ3v) is 4.96. The number of nitrogens with zero attached hydrogens (tertiary/aromatic N) is 1. The highest BCUT2D eigenvalue weighted by Gasteiger charge is 2.37. The van der Waals surface area contributed by atoms with Crippen LogP contribution < -0.4 is 0 Å². The Bertz CT molecular complexity index is 786. The topological polar surface area (TPSA) is 55.8 Å². The molecule has 0 N–H and O–H groups in total. The van der Waals surface area contributed by atoms with E-state index in [1.807, 2.05) is 45.0 Å². The molecule has 1 aromatic carbocycles. The van der Waals surface area contributed by atoms with Crippen molar-refractivity contribution in [3.05, 3.63) is 53.1 Å². The number of hydrogen-bond acceptors (Lipinski definition) is 4. The molecular weight excluding hydrogens is 342 g/mol. The molecule has 0 bridgehead atoms. The number of carbonyl (C=O) groups excluding carboxylic acids is 2. The van der Waals surface area contributed by atoms with Gasteiger partial charge in [-0.15, -0.1) is 0 Å². The Morgan fingerprint density at radius 2 is 1.85 bits per heavy atom. The molecule has 0 saturated carbocycles. The molecule has 2 aliphatic rings. The molecule has 1 aliphatic heterocycles. The van der Waals surface area contributed by atoms with Gasteiger partial charge >= 0.3 is 12.1 Å². The second-order valence-corrected chi connectivity index (χ2v) is 7.95. The molecule has 5 nitrogen and oxygen atoms in total. The van der Waals surface area contributed by atoms with Gasteiger partial charge in [0.05, 0.1) is 7.11 Å². The summed E-state index contributed by atoms with van der Waals surface area (Å²) in [5.41, 5.74) is 3.74. The molecule has 1 heterocycles. The predicted molar refractivity (Wildman–Crippen MR) is 104 cm³/mol. The summed E-state index contributed by atoms with van der Waals surface area (Å²) in [6, 6.07) is 10.2. The number of fused-ring (bicyclic) bond motifs is 1. The van der Waals surface area contributed by atoms with Crippen LogP contribution >= 0.6 is 0 Å². The van der Waals surface area contributed by atoms with Gasteiger partial charge in [0.1, 0.15) is 5.60 Å². The van der Waals surface area contributed by atoms with E-state index in [0.29, 0.717) is 25.1 Å². The van der Waals surface area contributed by atoms with Gasteiger partial charge in [0.2, 0.25) is 0 Å². The van der Waals surface area contributed by atoms with E-state index in [1.165, 1.54) is 23.8 Å². The van der Waals surface area contributed by atoms with Gasteiger partial charge in [-0.25, -0.2) is 9.59 Å². The van der Waals surface area contributed by atoms with Gasteiger partial charge in [0.15, 0.2) is 0 Å². The van der Waals surface area contributed by atoms with Crippen molar-refractivity contribution in [1.29, 1.82) is 0 Å². The van der Waals surface area contributed by atoms with Crippen LogP contribution in [0.5, 0.6) is 0 Å². The van der Waals surface area contributed by atoms with E-state index in [2.05, 4.69) is 12.1 Å². The maximum atomic E-state index is 12.5. The van der Waals surface area contributed by atoms with Gasteiger partial charge in [-0.05, 0) is 44.7 Å². The van der Waals surface area contributed by atoms with Crippen molar-refractivity contribution in [2.75, 3.05) is 20.2 Å². The average molecular weight is 369 g/mol. The van der Waals surface area contributed by atoms with Gasteiger partial charge in [-0.3, -0.25) is 0 Å². The Morgan fingerprint density at radius 3 is 2.48 bits per heavy atom. The molecule has 1 fully saturated rings. The molecule has 0 aromatic heterocycles. The molecule has 27 heavy (non-hydrogen) atoms.